The van der Waals surface area contributed by atoms with Crippen molar-refractivity contribution in [2.45, 2.75) is 57.5 Å². The molecule has 3 N–H and O–H groups in total. The molecule has 328 valence electrons. The molecule has 2 aliphatic heterocycles. The van der Waals surface area contributed by atoms with Gasteiger partial charge >= 0.3 is 7.12 Å². The number of phenolic OH excluding ortho intramolecular Hbond substituents is 1. The lowest BCUT2D eigenvalue weighted by molar-refractivity contribution is -0.122. The molecule has 0 saturated carbocycles. The Labute approximate surface area is 382 Å². The van der Waals surface area contributed by atoms with Gasteiger partial charge in [0.15, 0.2) is 0 Å². The smallest absolute Gasteiger partial charge is 0.455 e. The molecule has 2 fully saturated rings. The van der Waals surface area contributed by atoms with E-state index in [2.05, 4.69) is 79.6 Å². The van der Waals surface area contributed by atoms with Crippen molar-refractivity contribution in [3.8, 4) is 5.75 Å². The fraction of sp³-hybridized carbons (Fsp3) is 0.241. The van der Waals surface area contributed by atoms with Crippen molar-refractivity contribution < 1.29 is 28.8 Å². The number of aromatic hydroxyl groups is 1. The van der Waals surface area contributed by atoms with Crippen molar-refractivity contribution in [1.29, 1.82) is 0 Å². The van der Waals surface area contributed by atoms with Gasteiger partial charge in [0.25, 0.3) is 8.32 Å². The second-order valence-electron chi connectivity index (χ2n) is 18.3. The fourth-order valence-corrected chi connectivity index (χ4v) is 14.9. The number of para-hydroxylation sites is 2. The quantitative estimate of drug-likeness (QED) is 0.0597. The third-order valence-electron chi connectivity index (χ3n) is 13.3. The van der Waals surface area contributed by atoms with E-state index in [1.54, 1.807) is 18.3 Å². The summed E-state index contributed by atoms with van der Waals surface area (Å²) >= 11 is 0. The van der Waals surface area contributed by atoms with Gasteiger partial charge < -0.3 is 24.5 Å². The van der Waals surface area contributed by atoms with Crippen LogP contribution in [0.2, 0.25) is 11.4 Å². The molecule has 0 unspecified atom stereocenters. The van der Waals surface area contributed by atoms with Crippen LogP contribution < -0.4 is 20.6 Å². The molecule has 6 aromatic rings. The van der Waals surface area contributed by atoms with Crippen molar-refractivity contribution in [1.82, 2.24) is 4.98 Å². The first-order valence-electron chi connectivity index (χ1n) is 22.5. The third-order valence-corrected chi connectivity index (χ3v) is 18.3. The summed E-state index contributed by atoms with van der Waals surface area (Å²) in [7, 11) is -4.21. The summed E-state index contributed by atoms with van der Waals surface area (Å²) in [5.74, 6) is -2.16. The number of hydrogen-bond donors (Lipinski definition) is 3. The summed E-state index contributed by atoms with van der Waals surface area (Å²) in [6.07, 6.45) is 4.52. The van der Waals surface area contributed by atoms with Crippen LogP contribution >= 0.6 is 0 Å². The highest BCUT2D eigenvalue weighted by molar-refractivity contribution is 6.99. The first kappa shape index (κ1) is 43.9. The van der Waals surface area contributed by atoms with Gasteiger partial charge in [-0.2, -0.15) is 0 Å². The minimum absolute atomic E-state index is 0.158. The molecule has 9 rings (SSSR count). The maximum absolute atomic E-state index is 14.9. The van der Waals surface area contributed by atoms with E-state index in [1.807, 2.05) is 103 Å². The van der Waals surface area contributed by atoms with Gasteiger partial charge in [0, 0.05) is 23.1 Å². The zero-order valence-corrected chi connectivity index (χ0v) is 38.0. The number of nitrogens with zero attached hydrogens (tertiary/aromatic N) is 2. The second-order valence-corrected chi connectivity index (χ2v) is 22.6. The standard InChI is InChI=1S/C54H54BN3O6Si/c1-54(2,3)65(43-20-9-5-10-21-43,44-22-11-6-12-23-44)63-36-39-34-45-51(53(61)58(52(45)60)42-29-27-41(28-30-42)57-40-18-7-4-8-19-40)46-35-55(62)64-49(50(39)46)31-26-37(47-24-15-16-32-56-47)33-38-17-13-14-25-48(38)59/h4-25,27-30,32-33,45-46,49,51,57,59,62H,26,31,34-36H2,1-3H3/b37-33-/t45-,46+,49-,51-/m1/s1. The number of imide groups is 1. The number of hydrogen-bond acceptors (Lipinski definition) is 8. The van der Waals surface area contributed by atoms with Crippen LogP contribution in [0.3, 0.4) is 0 Å². The number of aromatic nitrogens is 1. The van der Waals surface area contributed by atoms with Crippen LogP contribution in [-0.2, 0) is 18.7 Å². The molecule has 4 atom stereocenters. The maximum Gasteiger partial charge on any atom is 0.455 e. The third kappa shape index (κ3) is 8.77. The van der Waals surface area contributed by atoms with Gasteiger partial charge in [0.2, 0.25) is 11.8 Å². The van der Waals surface area contributed by atoms with Crippen molar-refractivity contribution in [3.05, 3.63) is 186 Å². The van der Waals surface area contributed by atoms with Gasteiger partial charge in [-0.15, -0.1) is 0 Å². The zero-order chi connectivity index (χ0) is 45.1. The van der Waals surface area contributed by atoms with E-state index in [0.29, 0.717) is 30.5 Å². The van der Waals surface area contributed by atoms with E-state index in [4.69, 9.17) is 9.08 Å². The monoisotopic (exact) mass is 879 g/mol. The predicted octanol–water partition coefficient (Wildman–Crippen LogP) is 9.43. The van der Waals surface area contributed by atoms with Crippen LogP contribution in [0.1, 0.15) is 51.3 Å². The molecule has 2 amide bonds. The number of carbonyl (C=O) groups is 2. The molecule has 0 radical (unpaired) electrons. The first-order chi connectivity index (χ1) is 31.5. The number of anilines is 3. The van der Waals surface area contributed by atoms with E-state index in [9.17, 15) is 19.7 Å². The lowest BCUT2D eigenvalue weighted by Gasteiger charge is -2.46. The largest absolute Gasteiger partial charge is 0.507 e. The van der Waals surface area contributed by atoms with Gasteiger partial charge in [0.1, 0.15) is 5.75 Å². The van der Waals surface area contributed by atoms with E-state index in [-0.39, 0.29) is 35.5 Å². The Hall–Kier alpha value is -6.37. The van der Waals surface area contributed by atoms with Crippen LogP contribution in [-0.4, -0.2) is 55.1 Å². The average molecular weight is 880 g/mol. The van der Waals surface area contributed by atoms with Crippen LogP contribution in [0.5, 0.6) is 5.75 Å². The minimum Gasteiger partial charge on any atom is -0.507 e. The van der Waals surface area contributed by atoms with Gasteiger partial charge in [-0.3, -0.25) is 19.5 Å². The van der Waals surface area contributed by atoms with Crippen molar-refractivity contribution >= 4 is 66.3 Å². The van der Waals surface area contributed by atoms with E-state index in [1.165, 1.54) is 4.90 Å². The summed E-state index contributed by atoms with van der Waals surface area (Å²) in [5.41, 5.74) is 6.45. The van der Waals surface area contributed by atoms with Gasteiger partial charge in [-0.05, 0) is 124 Å². The summed E-state index contributed by atoms with van der Waals surface area (Å²) in [4.78, 5) is 35.7. The highest BCUT2D eigenvalue weighted by Crippen LogP contribution is 2.52. The van der Waals surface area contributed by atoms with E-state index >= 15 is 0 Å². The molecule has 1 aliphatic carbocycles. The molecule has 3 heterocycles. The van der Waals surface area contributed by atoms with Crippen molar-refractivity contribution in [2.75, 3.05) is 16.8 Å². The number of allylic oxidation sites excluding steroid dienone is 1. The Morgan fingerprint density at radius 3 is 2.05 bits per heavy atom. The molecule has 3 aliphatic rings. The Kier molecular flexibility index (Phi) is 12.6. The number of benzene rings is 5. The van der Waals surface area contributed by atoms with E-state index in [0.717, 1.165) is 44.2 Å². The van der Waals surface area contributed by atoms with Crippen LogP contribution in [0.15, 0.2) is 175 Å². The number of pyridine rings is 1. The SMILES string of the molecule is CC(C)(C)[Si](OCC1=C2[C@@H](CC/C(=C/c3ccccc3O)c3ccccn3)OB(O)C[C@@H]2[C@@H]2C(=O)N(c3ccc(Nc4ccccc4)cc3)C(=O)[C@@H]2C1)(c1ccccc1)c1ccccc1. The Morgan fingerprint density at radius 1 is 0.800 bits per heavy atom. The molecule has 0 bridgehead atoms. The highest BCUT2D eigenvalue weighted by Gasteiger charge is 2.58. The Balaban J connectivity index is 1.11. The Morgan fingerprint density at radius 2 is 1.42 bits per heavy atom. The summed E-state index contributed by atoms with van der Waals surface area (Å²) in [6, 6.07) is 51.1. The first-order valence-corrected chi connectivity index (χ1v) is 24.4. The van der Waals surface area contributed by atoms with Gasteiger partial charge in [0.05, 0.1) is 35.9 Å². The lowest BCUT2D eigenvalue weighted by atomic mass is 9.58. The summed E-state index contributed by atoms with van der Waals surface area (Å²) in [6.45, 7) is 6.95. The number of fused-ring (bicyclic) bond motifs is 3. The molecule has 1 aromatic heterocycles. The number of carbonyl (C=O) groups excluding carboxylic acids is 2. The van der Waals surface area contributed by atoms with Gasteiger partial charge in [-0.25, -0.2) is 0 Å². The molecular weight excluding hydrogens is 826 g/mol. The zero-order valence-electron chi connectivity index (χ0n) is 37.0. The molecule has 2 saturated heterocycles. The number of nitrogens with one attached hydrogen (secondary N) is 1. The molecule has 11 heteroatoms. The average Bonchev–Trinajstić information content (AvgIpc) is 3.57. The second kappa shape index (κ2) is 18.6. The van der Waals surface area contributed by atoms with Crippen molar-refractivity contribution in [3.63, 3.8) is 0 Å². The number of phenols is 1. The lowest BCUT2D eigenvalue weighted by Crippen LogP contribution is -2.66. The summed E-state index contributed by atoms with van der Waals surface area (Å²) < 4.78 is 14.1. The highest BCUT2D eigenvalue weighted by atomic mass is 28.4. The minimum atomic E-state index is -3.05. The molecular formula is C54H54BN3O6Si. The topological polar surface area (TPSA) is 121 Å². The predicted molar refractivity (Wildman–Crippen MR) is 261 cm³/mol. The normalized spacial score (nSPS) is 20.2. The van der Waals surface area contributed by atoms with Crippen LogP contribution in [0.4, 0.5) is 17.1 Å². The van der Waals surface area contributed by atoms with Gasteiger partial charge in [-0.1, -0.05) is 124 Å². The molecule has 65 heavy (non-hydrogen) atoms. The fourth-order valence-electron chi connectivity index (χ4n) is 10.4. The Bertz CT molecular complexity index is 2650. The molecule has 0 spiro atoms. The van der Waals surface area contributed by atoms with Crippen LogP contribution in [0.25, 0.3) is 11.6 Å². The van der Waals surface area contributed by atoms with Crippen molar-refractivity contribution in [2.24, 2.45) is 17.8 Å². The number of amides is 2. The molecule has 9 nitrogen and oxygen atoms in total. The summed E-state index contributed by atoms with van der Waals surface area (Å²) in [5, 5.41) is 27.7. The van der Waals surface area contributed by atoms with Crippen LogP contribution in [0, 0.1) is 17.8 Å². The van der Waals surface area contributed by atoms with E-state index < -0.39 is 39.3 Å². The number of rotatable bonds is 13. The molecule has 5 aromatic carbocycles. The maximum atomic E-state index is 14.9.